The van der Waals surface area contributed by atoms with Crippen LogP contribution in [0.1, 0.15) is 15.9 Å². The number of nitrogens with zero attached hydrogens (tertiary/aromatic N) is 3. The second-order valence-electron chi connectivity index (χ2n) is 6.58. The maximum Gasteiger partial charge on any atom is 0.335 e. The number of fused-ring (bicyclic) bond motifs is 1. The molecule has 0 unspecified atom stereocenters. The SMILES string of the molecule is Cc1ccc(C(=O)O)cc1-n1cnc2ccc(OCCn3[c]ccc3)cc2c1=O. The van der Waals surface area contributed by atoms with Gasteiger partial charge in [-0.05, 0) is 55.0 Å². The van der Waals surface area contributed by atoms with Gasteiger partial charge in [0.1, 0.15) is 18.7 Å². The minimum absolute atomic E-state index is 0.108. The standard InChI is InChI=1S/C22H18N3O4/c1-15-4-5-16(22(27)28)12-20(15)25-14-23-19-7-6-17(13-18(19)21(25)26)29-11-10-24-8-2-3-9-24/h2-8,12-14H,10-11H2,1H3,(H,27,28). The summed E-state index contributed by atoms with van der Waals surface area (Å²) in [4.78, 5) is 28.7. The zero-order valence-electron chi connectivity index (χ0n) is 15.7. The van der Waals surface area contributed by atoms with Crippen molar-refractivity contribution in [2.75, 3.05) is 6.61 Å². The van der Waals surface area contributed by atoms with E-state index >= 15 is 0 Å². The molecule has 2 aromatic carbocycles. The van der Waals surface area contributed by atoms with Gasteiger partial charge in [-0.3, -0.25) is 9.36 Å². The van der Waals surface area contributed by atoms with E-state index in [9.17, 15) is 14.7 Å². The van der Waals surface area contributed by atoms with Crippen LogP contribution in [0, 0.1) is 13.1 Å². The molecule has 0 aliphatic carbocycles. The number of aryl methyl sites for hydroxylation is 1. The Morgan fingerprint density at radius 3 is 2.86 bits per heavy atom. The van der Waals surface area contributed by atoms with Gasteiger partial charge < -0.3 is 14.4 Å². The molecule has 2 heterocycles. The molecule has 0 saturated heterocycles. The Morgan fingerprint density at radius 2 is 2.10 bits per heavy atom. The summed E-state index contributed by atoms with van der Waals surface area (Å²) in [5.74, 6) is -0.485. The minimum atomic E-state index is -1.05. The normalized spacial score (nSPS) is 10.9. The number of carboxylic acid groups (broad SMARTS) is 1. The fourth-order valence-corrected chi connectivity index (χ4v) is 3.09. The molecule has 7 nitrogen and oxygen atoms in total. The molecule has 1 radical (unpaired) electrons. The molecular formula is C22H18N3O4. The van der Waals surface area contributed by atoms with E-state index in [1.165, 1.54) is 23.0 Å². The third-order valence-corrected chi connectivity index (χ3v) is 4.65. The molecule has 1 N–H and O–H groups in total. The molecular weight excluding hydrogens is 370 g/mol. The Hall–Kier alpha value is -3.87. The van der Waals surface area contributed by atoms with Crippen LogP contribution in [0.4, 0.5) is 0 Å². The second kappa shape index (κ2) is 7.63. The first-order valence-electron chi connectivity index (χ1n) is 9.04. The third kappa shape index (κ3) is 3.75. The van der Waals surface area contributed by atoms with Crippen LogP contribution in [0.25, 0.3) is 16.6 Å². The first-order valence-corrected chi connectivity index (χ1v) is 9.04. The maximum absolute atomic E-state index is 13.1. The van der Waals surface area contributed by atoms with Gasteiger partial charge in [-0.2, -0.15) is 0 Å². The average molecular weight is 388 g/mol. The lowest BCUT2D eigenvalue weighted by atomic mass is 10.1. The van der Waals surface area contributed by atoms with Crippen molar-refractivity contribution in [3.8, 4) is 11.4 Å². The van der Waals surface area contributed by atoms with Crippen molar-refractivity contribution in [2.45, 2.75) is 13.5 Å². The van der Waals surface area contributed by atoms with Crippen molar-refractivity contribution in [3.05, 3.63) is 88.7 Å². The molecule has 0 fully saturated rings. The highest BCUT2D eigenvalue weighted by Gasteiger charge is 2.12. The largest absolute Gasteiger partial charge is 0.492 e. The zero-order valence-corrected chi connectivity index (χ0v) is 15.7. The van der Waals surface area contributed by atoms with Crippen LogP contribution in [-0.4, -0.2) is 31.8 Å². The number of rotatable bonds is 6. The van der Waals surface area contributed by atoms with Crippen LogP contribution in [0.5, 0.6) is 5.75 Å². The Balaban J connectivity index is 1.68. The summed E-state index contributed by atoms with van der Waals surface area (Å²) in [7, 11) is 0. The first-order chi connectivity index (χ1) is 14.0. The fraction of sp³-hybridized carbons (Fsp3) is 0.136. The number of carbonyl (C=O) groups is 1. The lowest BCUT2D eigenvalue weighted by Gasteiger charge is -2.12. The second-order valence-corrected chi connectivity index (χ2v) is 6.58. The van der Waals surface area contributed by atoms with Crippen molar-refractivity contribution in [1.82, 2.24) is 14.1 Å². The van der Waals surface area contributed by atoms with Gasteiger partial charge in [0, 0.05) is 6.20 Å². The summed E-state index contributed by atoms with van der Waals surface area (Å²) in [5, 5.41) is 9.65. The Kier molecular flexibility index (Phi) is 4.87. The van der Waals surface area contributed by atoms with Gasteiger partial charge in [0.2, 0.25) is 0 Å². The van der Waals surface area contributed by atoms with E-state index in [1.807, 2.05) is 29.8 Å². The van der Waals surface area contributed by atoms with Crippen LogP contribution < -0.4 is 10.3 Å². The Labute approximate surface area is 166 Å². The molecule has 7 heteroatoms. The predicted octanol–water partition coefficient (Wildman–Crippen LogP) is 3.07. The minimum Gasteiger partial charge on any atom is -0.492 e. The van der Waals surface area contributed by atoms with Crippen molar-refractivity contribution in [3.63, 3.8) is 0 Å². The number of carboxylic acids is 1. The van der Waals surface area contributed by atoms with Crippen LogP contribution in [0.15, 0.2) is 65.8 Å². The lowest BCUT2D eigenvalue weighted by molar-refractivity contribution is 0.0697. The molecule has 0 amide bonds. The Bertz CT molecular complexity index is 1240. The number of hydrogen-bond acceptors (Lipinski definition) is 4. The number of hydrogen-bond donors (Lipinski definition) is 1. The molecule has 0 bridgehead atoms. The smallest absolute Gasteiger partial charge is 0.335 e. The van der Waals surface area contributed by atoms with Gasteiger partial charge in [-0.25, -0.2) is 9.78 Å². The lowest BCUT2D eigenvalue weighted by Crippen LogP contribution is -2.20. The van der Waals surface area contributed by atoms with Gasteiger partial charge in [0.15, 0.2) is 0 Å². The quantitative estimate of drug-likeness (QED) is 0.549. The summed E-state index contributed by atoms with van der Waals surface area (Å²) >= 11 is 0. The molecule has 0 saturated carbocycles. The summed E-state index contributed by atoms with van der Waals surface area (Å²) in [6, 6.07) is 13.5. The fourth-order valence-electron chi connectivity index (χ4n) is 3.09. The Morgan fingerprint density at radius 1 is 1.24 bits per heavy atom. The molecule has 4 aromatic rings. The highest BCUT2D eigenvalue weighted by Crippen LogP contribution is 2.19. The molecule has 145 valence electrons. The molecule has 29 heavy (non-hydrogen) atoms. The highest BCUT2D eigenvalue weighted by molar-refractivity contribution is 5.88. The van der Waals surface area contributed by atoms with Gasteiger partial charge >= 0.3 is 5.97 Å². The van der Waals surface area contributed by atoms with Gasteiger partial charge in [0.25, 0.3) is 5.56 Å². The molecule has 4 rings (SSSR count). The topological polar surface area (TPSA) is 86.3 Å². The van der Waals surface area contributed by atoms with E-state index in [4.69, 9.17) is 4.74 Å². The monoisotopic (exact) mass is 388 g/mol. The zero-order chi connectivity index (χ0) is 20.4. The third-order valence-electron chi connectivity index (χ3n) is 4.65. The molecule has 0 aliphatic rings. The van der Waals surface area contributed by atoms with Gasteiger partial charge in [-0.15, -0.1) is 0 Å². The van der Waals surface area contributed by atoms with Crippen LogP contribution in [0.3, 0.4) is 0 Å². The molecule has 2 aromatic heterocycles. The molecule has 0 spiro atoms. The van der Waals surface area contributed by atoms with Crippen molar-refractivity contribution in [2.24, 2.45) is 0 Å². The van der Waals surface area contributed by atoms with Crippen molar-refractivity contribution in [1.29, 1.82) is 0 Å². The van der Waals surface area contributed by atoms with Crippen LogP contribution in [-0.2, 0) is 6.54 Å². The molecule has 0 aliphatic heterocycles. The summed E-state index contributed by atoms with van der Waals surface area (Å²) in [5.41, 5.74) is 1.62. The van der Waals surface area contributed by atoms with E-state index in [1.54, 1.807) is 24.3 Å². The summed E-state index contributed by atoms with van der Waals surface area (Å²) < 4.78 is 9.01. The number of aromatic carboxylic acids is 1. The van der Waals surface area contributed by atoms with E-state index in [0.29, 0.717) is 35.5 Å². The van der Waals surface area contributed by atoms with Crippen molar-refractivity contribution < 1.29 is 14.6 Å². The van der Waals surface area contributed by atoms with Crippen LogP contribution >= 0.6 is 0 Å². The van der Waals surface area contributed by atoms with E-state index in [-0.39, 0.29) is 11.1 Å². The van der Waals surface area contributed by atoms with E-state index in [0.717, 1.165) is 5.56 Å². The van der Waals surface area contributed by atoms with Crippen molar-refractivity contribution >= 4 is 16.9 Å². The average Bonchev–Trinajstić information content (AvgIpc) is 3.23. The maximum atomic E-state index is 13.1. The van der Waals surface area contributed by atoms with Gasteiger partial charge in [0.05, 0.1) is 34.9 Å². The number of ether oxygens (including phenoxy) is 1. The summed E-state index contributed by atoms with van der Waals surface area (Å²) in [6.07, 6.45) is 6.36. The predicted molar refractivity (Wildman–Crippen MR) is 108 cm³/mol. The summed E-state index contributed by atoms with van der Waals surface area (Å²) in [6.45, 7) is 2.89. The van der Waals surface area contributed by atoms with E-state index in [2.05, 4.69) is 11.2 Å². The number of aromatic nitrogens is 3. The number of benzene rings is 2. The first kappa shape index (κ1) is 18.5. The highest BCUT2D eigenvalue weighted by atomic mass is 16.5. The molecule has 0 atom stereocenters. The van der Waals surface area contributed by atoms with Crippen LogP contribution in [0.2, 0.25) is 0 Å². The van der Waals surface area contributed by atoms with E-state index < -0.39 is 5.97 Å². The van der Waals surface area contributed by atoms with Gasteiger partial charge in [-0.1, -0.05) is 6.07 Å².